The second-order valence-corrected chi connectivity index (χ2v) is 4.43. The van der Waals surface area contributed by atoms with Crippen molar-refractivity contribution in [3.63, 3.8) is 0 Å². The van der Waals surface area contributed by atoms with Crippen molar-refractivity contribution in [1.29, 1.82) is 0 Å². The first-order chi connectivity index (χ1) is 7.66. The van der Waals surface area contributed by atoms with Crippen molar-refractivity contribution in [2.24, 2.45) is 5.92 Å². The van der Waals surface area contributed by atoms with Crippen molar-refractivity contribution in [3.05, 3.63) is 36.2 Å². The zero-order valence-electron chi connectivity index (χ0n) is 9.59. The Bertz CT molecular complexity index is 482. The highest BCUT2D eigenvalue weighted by molar-refractivity contribution is 5.73. The van der Waals surface area contributed by atoms with Crippen molar-refractivity contribution in [2.75, 3.05) is 0 Å². The van der Waals surface area contributed by atoms with Gasteiger partial charge >= 0.3 is 0 Å². The highest BCUT2D eigenvalue weighted by atomic mass is 16.3. The molecule has 1 atom stereocenters. The molecule has 0 aliphatic carbocycles. The molecule has 0 aliphatic rings. The Kier molecular flexibility index (Phi) is 3.15. The summed E-state index contributed by atoms with van der Waals surface area (Å²) in [6.45, 7) is 4.16. The van der Waals surface area contributed by atoms with Crippen LogP contribution in [-0.2, 0) is 0 Å². The fourth-order valence-corrected chi connectivity index (χ4v) is 1.70. The molecule has 16 heavy (non-hydrogen) atoms. The van der Waals surface area contributed by atoms with Crippen molar-refractivity contribution in [3.8, 4) is 0 Å². The fourth-order valence-electron chi connectivity index (χ4n) is 1.70. The lowest BCUT2D eigenvalue weighted by Crippen LogP contribution is -2.05. The third kappa shape index (κ3) is 2.36. The van der Waals surface area contributed by atoms with Crippen molar-refractivity contribution in [1.82, 2.24) is 9.97 Å². The summed E-state index contributed by atoms with van der Waals surface area (Å²) in [6.07, 6.45) is 1.86. The first kappa shape index (κ1) is 11.0. The SMILES string of the molecule is CC(C)CC(O)c1cnc2ccccc2n1. The number of para-hydroxylation sites is 2. The zero-order chi connectivity index (χ0) is 11.5. The Morgan fingerprint density at radius 2 is 1.88 bits per heavy atom. The van der Waals surface area contributed by atoms with E-state index in [4.69, 9.17) is 0 Å². The van der Waals surface area contributed by atoms with Gasteiger partial charge in [-0.15, -0.1) is 0 Å². The molecule has 1 heterocycles. The van der Waals surface area contributed by atoms with E-state index in [0.29, 0.717) is 18.0 Å². The smallest absolute Gasteiger partial charge is 0.0978 e. The topological polar surface area (TPSA) is 46.0 Å². The Morgan fingerprint density at radius 1 is 1.19 bits per heavy atom. The number of aromatic nitrogens is 2. The molecule has 1 unspecified atom stereocenters. The lowest BCUT2D eigenvalue weighted by Gasteiger charge is -2.12. The molecule has 3 nitrogen and oxygen atoms in total. The first-order valence-electron chi connectivity index (χ1n) is 5.56. The molecule has 0 radical (unpaired) electrons. The summed E-state index contributed by atoms with van der Waals surface area (Å²) in [5.74, 6) is 0.447. The minimum atomic E-state index is -0.517. The lowest BCUT2D eigenvalue weighted by atomic mass is 10.0. The molecule has 0 fully saturated rings. The van der Waals surface area contributed by atoms with Crippen LogP contribution in [0.4, 0.5) is 0 Å². The van der Waals surface area contributed by atoms with Gasteiger partial charge in [-0.05, 0) is 24.5 Å². The Labute approximate surface area is 95.2 Å². The van der Waals surface area contributed by atoms with E-state index in [1.165, 1.54) is 0 Å². The van der Waals surface area contributed by atoms with Gasteiger partial charge in [0.15, 0.2) is 0 Å². The number of benzene rings is 1. The third-order valence-corrected chi connectivity index (χ3v) is 2.50. The summed E-state index contributed by atoms with van der Waals surface area (Å²) < 4.78 is 0. The maximum atomic E-state index is 9.95. The summed E-state index contributed by atoms with van der Waals surface area (Å²) in [5, 5.41) is 9.95. The average molecular weight is 216 g/mol. The summed E-state index contributed by atoms with van der Waals surface area (Å²) in [4.78, 5) is 8.70. The van der Waals surface area contributed by atoms with Gasteiger partial charge in [-0.2, -0.15) is 0 Å². The monoisotopic (exact) mass is 216 g/mol. The molecule has 2 aromatic rings. The molecule has 1 N–H and O–H groups in total. The minimum absolute atomic E-state index is 0.447. The Balaban J connectivity index is 2.32. The third-order valence-electron chi connectivity index (χ3n) is 2.50. The number of aliphatic hydroxyl groups excluding tert-OH is 1. The van der Waals surface area contributed by atoms with Crippen LogP contribution in [0.1, 0.15) is 32.1 Å². The normalized spacial score (nSPS) is 13.2. The Morgan fingerprint density at radius 3 is 2.56 bits per heavy atom. The molecule has 0 spiro atoms. The van der Waals surface area contributed by atoms with Crippen molar-refractivity contribution in [2.45, 2.75) is 26.4 Å². The van der Waals surface area contributed by atoms with Crippen LogP contribution in [0.3, 0.4) is 0 Å². The van der Waals surface area contributed by atoms with Gasteiger partial charge in [-0.25, -0.2) is 4.98 Å². The van der Waals surface area contributed by atoms with Crippen LogP contribution in [0.5, 0.6) is 0 Å². The van der Waals surface area contributed by atoms with E-state index in [0.717, 1.165) is 11.0 Å². The van der Waals surface area contributed by atoms with Gasteiger partial charge in [0.1, 0.15) is 0 Å². The average Bonchev–Trinajstić information content (AvgIpc) is 2.27. The highest BCUT2D eigenvalue weighted by Gasteiger charge is 2.12. The van der Waals surface area contributed by atoms with Crippen LogP contribution in [-0.4, -0.2) is 15.1 Å². The second kappa shape index (κ2) is 4.58. The van der Waals surface area contributed by atoms with Gasteiger partial charge in [-0.3, -0.25) is 4.98 Å². The fraction of sp³-hybridized carbons (Fsp3) is 0.385. The molecule has 0 saturated carbocycles. The molecule has 0 saturated heterocycles. The molecule has 1 aromatic heterocycles. The van der Waals surface area contributed by atoms with Crippen molar-refractivity contribution >= 4 is 11.0 Å². The summed E-state index contributed by atoms with van der Waals surface area (Å²) in [5.41, 5.74) is 2.36. The lowest BCUT2D eigenvalue weighted by molar-refractivity contribution is 0.146. The molecule has 0 bridgehead atoms. The van der Waals surface area contributed by atoms with Crippen molar-refractivity contribution < 1.29 is 5.11 Å². The van der Waals surface area contributed by atoms with E-state index in [9.17, 15) is 5.11 Å². The van der Waals surface area contributed by atoms with Crippen LogP contribution in [0.25, 0.3) is 11.0 Å². The second-order valence-electron chi connectivity index (χ2n) is 4.43. The molecular weight excluding hydrogens is 200 g/mol. The molecular formula is C13H16N2O. The number of aliphatic hydroxyl groups is 1. The maximum Gasteiger partial charge on any atom is 0.0978 e. The minimum Gasteiger partial charge on any atom is -0.387 e. The quantitative estimate of drug-likeness (QED) is 0.858. The van der Waals surface area contributed by atoms with E-state index in [-0.39, 0.29) is 0 Å². The van der Waals surface area contributed by atoms with Crippen LogP contribution in [0.2, 0.25) is 0 Å². The Hall–Kier alpha value is -1.48. The summed E-state index contributed by atoms with van der Waals surface area (Å²) >= 11 is 0. The van der Waals surface area contributed by atoms with Gasteiger partial charge < -0.3 is 5.11 Å². The first-order valence-corrected chi connectivity index (χ1v) is 5.56. The van der Waals surface area contributed by atoms with Crippen LogP contribution in [0, 0.1) is 5.92 Å². The van der Waals surface area contributed by atoms with E-state index >= 15 is 0 Å². The van der Waals surface area contributed by atoms with Crippen LogP contribution < -0.4 is 0 Å². The van der Waals surface area contributed by atoms with E-state index in [1.54, 1.807) is 6.20 Å². The van der Waals surface area contributed by atoms with Gasteiger partial charge in [0.05, 0.1) is 29.0 Å². The van der Waals surface area contributed by atoms with E-state index < -0.39 is 6.10 Å². The number of hydrogen-bond acceptors (Lipinski definition) is 3. The molecule has 84 valence electrons. The summed E-state index contributed by atoms with van der Waals surface area (Å²) in [6, 6.07) is 7.69. The van der Waals surface area contributed by atoms with Gasteiger partial charge in [0.25, 0.3) is 0 Å². The van der Waals surface area contributed by atoms with Crippen LogP contribution >= 0.6 is 0 Å². The number of fused-ring (bicyclic) bond motifs is 1. The standard InChI is InChI=1S/C13H16N2O/c1-9(2)7-13(16)12-8-14-10-5-3-4-6-11(10)15-12/h3-6,8-9,13,16H,7H2,1-2H3. The number of rotatable bonds is 3. The number of hydrogen-bond donors (Lipinski definition) is 1. The number of nitrogens with zero attached hydrogens (tertiary/aromatic N) is 2. The summed E-state index contributed by atoms with van der Waals surface area (Å²) in [7, 11) is 0. The molecule has 1 aromatic carbocycles. The maximum absolute atomic E-state index is 9.95. The van der Waals surface area contributed by atoms with Gasteiger partial charge in [0, 0.05) is 0 Å². The highest BCUT2D eigenvalue weighted by Crippen LogP contribution is 2.20. The van der Waals surface area contributed by atoms with E-state index in [1.807, 2.05) is 24.3 Å². The zero-order valence-corrected chi connectivity index (χ0v) is 9.59. The van der Waals surface area contributed by atoms with Gasteiger partial charge in [0.2, 0.25) is 0 Å². The van der Waals surface area contributed by atoms with Gasteiger partial charge in [-0.1, -0.05) is 26.0 Å². The molecule has 3 heteroatoms. The largest absolute Gasteiger partial charge is 0.387 e. The molecule has 0 amide bonds. The predicted molar refractivity (Wildman–Crippen MR) is 64.0 cm³/mol. The predicted octanol–water partition coefficient (Wildman–Crippen LogP) is 2.71. The van der Waals surface area contributed by atoms with E-state index in [2.05, 4.69) is 23.8 Å². The van der Waals surface area contributed by atoms with Crippen LogP contribution in [0.15, 0.2) is 30.5 Å². The molecule has 2 rings (SSSR count). The molecule has 0 aliphatic heterocycles.